The van der Waals surface area contributed by atoms with Crippen LogP contribution in [0.15, 0.2) is 36.4 Å². The van der Waals surface area contributed by atoms with E-state index in [1.54, 1.807) is 4.90 Å². The van der Waals surface area contributed by atoms with Gasteiger partial charge in [-0.25, -0.2) is 0 Å². The van der Waals surface area contributed by atoms with Gasteiger partial charge in [0.25, 0.3) is 0 Å². The van der Waals surface area contributed by atoms with Crippen LogP contribution < -0.4 is 10.2 Å². The molecule has 1 heterocycles. The Kier molecular flexibility index (Phi) is 6.02. The summed E-state index contributed by atoms with van der Waals surface area (Å²) in [5.74, 6) is -0.368. The lowest BCUT2D eigenvalue weighted by Gasteiger charge is -2.37. The maximum atomic E-state index is 12.5. The van der Waals surface area contributed by atoms with Gasteiger partial charge in [-0.3, -0.25) is 9.59 Å². The maximum Gasteiger partial charge on any atom is 0.233 e. The van der Waals surface area contributed by atoms with Crippen LogP contribution in [-0.4, -0.2) is 42.9 Å². The van der Waals surface area contributed by atoms with Crippen molar-refractivity contribution in [2.45, 2.75) is 34.1 Å². The van der Waals surface area contributed by atoms with Gasteiger partial charge in [0.1, 0.15) is 6.42 Å². The average Bonchev–Trinajstić information content (AvgIpc) is 2.67. The molecule has 2 aromatic carbocycles. The molecule has 0 bridgehead atoms. The molecule has 5 nitrogen and oxygen atoms in total. The van der Waals surface area contributed by atoms with Crippen LogP contribution in [0.1, 0.15) is 28.7 Å². The Balaban J connectivity index is 1.52. The van der Waals surface area contributed by atoms with Gasteiger partial charge < -0.3 is 15.1 Å². The molecule has 0 aromatic heterocycles. The van der Waals surface area contributed by atoms with Crippen molar-refractivity contribution in [3.05, 3.63) is 58.7 Å². The van der Waals surface area contributed by atoms with Crippen LogP contribution in [0.2, 0.25) is 0 Å². The number of rotatable bonds is 4. The van der Waals surface area contributed by atoms with Gasteiger partial charge in [-0.1, -0.05) is 18.2 Å². The zero-order chi connectivity index (χ0) is 20.3. The minimum Gasteiger partial charge on any atom is -0.368 e. The van der Waals surface area contributed by atoms with Gasteiger partial charge in [-0.05, 0) is 68.1 Å². The number of carbonyl (C=O) groups is 2. The van der Waals surface area contributed by atoms with Crippen LogP contribution in [0.5, 0.6) is 0 Å². The van der Waals surface area contributed by atoms with E-state index in [0.717, 1.165) is 24.3 Å². The standard InChI is InChI=1S/C23H29N3O2/c1-16-8-9-20(14-18(16)3)24-22(27)15-23(28)26-12-10-25(11-13-26)21-7-5-6-17(2)19(21)4/h5-9,14H,10-13,15H2,1-4H3,(H,24,27). The lowest BCUT2D eigenvalue weighted by Crippen LogP contribution is -2.49. The Morgan fingerprint density at radius 1 is 0.893 bits per heavy atom. The van der Waals surface area contributed by atoms with E-state index in [1.807, 2.05) is 32.0 Å². The Hall–Kier alpha value is -2.82. The molecule has 1 saturated heterocycles. The highest BCUT2D eigenvalue weighted by Gasteiger charge is 2.23. The molecular formula is C23H29N3O2. The van der Waals surface area contributed by atoms with Crippen molar-refractivity contribution in [2.75, 3.05) is 36.4 Å². The lowest BCUT2D eigenvalue weighted by atomic mass is 10.1. The van der Waals surface area contributed by atoms with E-state index in [0.29, 0.717) is 13.1 Å². The summed E-state index contributed by atoms with van der Waals surface area (Å²) < 4.78 is 0. The van der Waals surface area contributed by atoms with E-state index in [9.17, 15) is 9.59 Å². The van der Waals surface area contributed by atoms with Crippen molar-refractivity contribution in [2.24, 2.45) is 0 Å². The van der Waals surface area contributed by atoms with Gasteiger partial charge in [0.15, 0.2) is 0 Å². The van der Waals surface area contributed by atoms with Crippen LogP contribution in [0.25, 0.3) is 0 Å². The first-order valence-electron chi connectivity index (χ1n) is 9.81. The molecule has 2 aromatic rings. The summed E-state index contributed by atoms with van der Waals surface area (Å²) >= 11 is 0. The van der Waals surface area contributed by atoms with E-state index in [4.69, 9.17) is 0 Å². The summed E-state index contributed by atoms with van der Waals surface area (Å²) in [5, 5.41) is 2.83. The van der Waals surface area contributed by atoms with Gasteiger partial charge in [0, 0.05) is 37.6 Å². The van der Waals surface area contributed by atoms with Crippen LogP contribution in [0.4, 0.5) is 11.4 Å². The second-order valence-electron chi connectivity index (χ2n) is 7.61. The summed E-state index contributed by atoms with van der Waals surface area (Å²) in [6.07, 6.45) is -0.115. The highest BCUT2D eigenvalue weighted by molar-refractivity contribution is 6.03. The van der Waals surface area contributed by atoms with Crippen molar-refractivity contribution in [3.63, 3.8) is 0 Å². The fraction of sp³-hybridized carbons (Fsp3) is 0.391. The summed E-state index contributed by atoms with van der Waals surface area (Å²) in [4.78, 5) is 28.9. The molecule has 148 valence electrons. The van der Waals surface area contributed by atoms with E-state index in [2.05, 4.69) is 42.3 Å². The molecular weight excluding hydrogens is 350 g/mol. The fourth-order valence-electron chi connectivity index (χ4n) is 3.55. The summed E-state index contributed by atoms with van der Waals surface area (Å²) in [5.41, 5.74) is 6.83. The van der Waals surface area contributed by atoms with Crippen LogP contribution >= 0.6 is 0 Å². The number of aryl methyl sites for hydroxylation is 3. The molecule has 0 unspecified atom stereocenters. The predicted octanol–water partition coefficient (Wildman–Crippen LogP) is 3.60. The van der Waals surface area contributed by atoms with E-state index in [1.165, 1.54) is 22.4 Å². The van der Waals surface area contributed by atoms with E-state index < -0.39 is 0 Å². The van der Waals surface area contributed by atoms with Gasteiger partial charge in [-0.15, -0.1) is 0 Å². The third-order valence-electron chi connectivity index (χ3n) is 5.65. The van der Waals surface area contributed by atoms with Gasteiger partial charge >= 0.3 is 0 Å². The lowest BCUT2D eigenvalue weighted by molar-refractivity contribution is -0.134. The molecule has 3 rings (SSSR count). The molecule has 1 N–H and O–H groups in total. The van der Waals surface area contributed by atoms with Crippen LogP contribution in [0, 0.1) is 27.7 Å². The minimum absolute atomic E-state index is 0.109. The number of nitrogens with one attached hydrogen (secondary N) is 1. The normalized spacial score (nSPS) is 14.1. The SMILES string of the molecule is Cc1ccc(NC(=O)CC(=O)N2CCN(c3cccc(C)c3C)CC2)cc1C. The molecule has 1 aliphatic heterocycles. The summed E-state index contributed by atoms with van der Waals surface area (Å²) in [6.45, 7) is 11.1. The Bertz CT molecular complexity index is 883. The molecule has 1 aliphatic rings. The molecule has 0 atom stereocenters. The first-order valence-corrected chi connectivity index (χ1v) is 9.81. The van der Waals surface area contributed by atoms with E-state index >= 15 is 0 Å². The Morgan fingerprint density at radius 2 is 1.61 bits per heavy atom. The first kappa shape index (κ1) is 19.9. The average molecular weight is 380 g/mol. The second-order valence-corrected chi connectivity index (χ2v) is 7.61. The van der Waals surface area contributed by atoms with E-state index in [-0.39, 0.29) is 18.2 Å². The second kappa shape index (κ2) is 8.46. The van der Waals surface area contributed by atoms with Gasteiger partial charge in [-0.2, -0.15) is 0 Å². The third-order valence-corrected chi connectivity index (χ3v) is 5.65. The number of piperazine rings is 1. The molecule has 0 spiro atoms. The number of benzene rings is 2. The highest BCUT2D eigenvalue weighted by atomic mass is 16.2. The Labute approximate surface area is 167 Å². The molecule has 0 radical (unpaired) electrons. The number of anilines is 2. The topological polar surface area (TPSA) is 52.7 Å². The monoisotopic (exact) mass is 379 g/mol. The zero-order valence-electron chi connectivity index (χ0n) is 17.2. The summed E-state index contributed by atoms with van der Waals surface area (Å²) in [6, 6.07) is 12.1. The quantitative estimate of drug-likeness (QED) is 0.826. The smallest absolute Gasteiger partial charge is 0.233 e. The van der Waals surface area contributed by atoms with Crippen molar-refractivity contribution >= 4 is 23.2 Å². The van der Waals surface area contributed by atoms with Crippen molar-refractivity contribution in [1.29, 1.82) is 0 Å². The zero-order valence-corrected chi connectivity index (χ0v) is 17.2. The molecule has 1 fully saturated rings. The molecule has 28 heavy (non-hydrogen) atoms. The fourth-order valence-corrected chi connectivity index (χ4v) is 3.55. The van der Waals surface area contributed by atoms with Crippen LogP contribution in [0.3, 0.4) is 0 Å². The summed E-state index contributed by atoms with van der Waals surface area (Å²) in [7, 11) is 0. The minimum atomic E-state index is -0.259. The highest BCUT2D eigenvalue weighted by Crippen LogP contribution is 2.24. The number of amides is 2. The van der Waals surface area contributed by atoms with Gasteiger partial charge in [0.05, 0.1) is 0 Å². The largest absolute Gasteiger partial charge is 0.368 e. The molecule has 0 aliphatic carbocycles. The van der Waals surface area contributed by atoms with Crippen LogP contribution in [-0.2, 0) is 9.59 Å². The predicted molar refractivity (Wildman–Crippen MR) is 114 cm³/mol. The molecule has 0 saturated carbocycles. The van der Waals surface area contributed by atoms with Gasteiger partial charge in [0.2, 0.25) is 11.8 Å². The van der Waals surface area contributed by atoms with Crippen molar-refractivity contribution in [1.82, 2.24) is 4.90 Å². The third kappa shape index (κ3) is 4.53. The van der Waals surface area contributed by atoms with Crippen molar-refractivity contribution in [3.8, 4) is 0 Å². The Morgan fingerprint density at radius 3 is 2.29 bits per heavy atom. The molecule has 2 amide bonds. The number of nitrogens with zero attached hydrogens (tertiary/aromatic N) is 2. The number of carbonyl (C=O) groups excluding carboxylic acids is 2. The first-order chi connectivity index (χ1) is 13.3. The maximum absolute atomic E-state index is 12.5. The van der Waals surface area contributed by atoms with Crippen molar-refractivity contribution < 1.29 is 9.59 Å². The number of hydrogen-bond acceptors (Lipinski definition) is 3. The molecule has 5 heteroatoms. The number of hydrogen-bond donors (Lipinski definition) is 1.